The standard InChI is InChI=1S/C12H19NO3/c1-11(2,3)4-5-12(16)6-8-13(9-7-12)10(14)15/h16H,6-9H2,1-3H3,(H,14,15). The summed E-state index contributed by atoms with van der Waals surface area (Å²) in [7, 11) is 0. The van der Waals surface area contributed by atoms with Crippen LogP contribution in [-0.2, 0) is 0 Å². The molecule has 0 spiro atoms. The lowest BCUT2D eigenvalue weighted by Gasteiger charge is -2.33. The van der Waals surface area contributed by atoms with Crippen LogP contribution in [0, 0.1) is 17.3 Å². The van der Waals surface area contributed by atoms with Gasteiger partial charge in [0.05, 0.1) is 0 Å². The second-order valence-electron chi connectivity index (χ2n) is 5.30. The molecule has 1 fully saturated rings. The van der Waals surface area contributed by atoms with Gasteiger partial charge in [0.15, 0.2) is 0 Å². The third kappa shape index (κ3) is 3.74. The maximum absolute atomic E-state index is 10.7. The van der Waals surface area contributed by atoms with E-state index in [1.807, 2.05) is 20.8 Å². The van der Waals surface area contributed by atoms with Crippen molar-refractivity contribution in [3.05, 3.63) is 0 Å². The normalized spacial score (nSPS) is 19.9. The van der Waals surface area contributed by atoms with E-state index in [0.29, 0.717) is 25.9 Å². The van der Waals surface area contributed by atoms with Gasteiger partial charge >= 0.3 is 6.09 Å². The molecule has 1 heterocycles. The van der Waals surface area contributed by atoms with E-state index in [0.717, 1.165) is 0 Å². The number of nitrogens with zero attached hydrogens (tertiary/aromatic N) is 1. The summed E-state index contributed by atoms with van der Waals surface area (Å²) in [4.78, 5) is 12.0. The predicted octanol–water partition coefficient (Wildman–Crippen LogP) is 1.54. The van der Waals surface area contributed by atoms with Crippen LogP contribution in [0.2, 0.25) is 0 Å². The van der Waals surface area contributed by atoms with Crippen LogP contribution >= 0.6 is 0 Å². The number of piperidine rings is 1. The lowest BCUT2D eigenvalue weighted by atomic mass is 9.89. The highest BCUT2D eigenvalue weighted by atomic mass is 16.4. The Kier molecular flexibility index (Phi) is 3.49. The van der Waals surface area contributed by atoms with Crippen molar-refractivity contribution in [3.8, 4) is 11.8 Å². The Morgan fingerprint density at radius 2 is 1.81 bits per heavy atom. The molecule has 4 heteroatoms. The van der Waals surface area contributed by atoms with Gasteiger partial charge in [-0.2, -0.15) is 0 Å². The summed E-state index contributed by atoms with van der Waals surface area (Å²) in [5.74, 6) is 5.89. The van der Waals surface area contributed by atoms with Crippen molar-refractivity contribution in [3.63, 3.8) is 0 Å². The van der Waals surface area contributed by atoms with Gasteiger partial charge in [-0.05, 0) is 20.8 Å². The number of hydrogen-bond acceptors (Lipinski definition) is 2. The van der Waals surface area contributed by atoms with Crippen molar-refractivity contribution < 1.29 is 15.0 Å². The molecule has 16 heavy (non-hydrogen) atoms. The zero-order valence-corrected chi connectivity index (χ0v) is 10.1. The van der Waals surface area contributed by atoms with E-state index in [9.17, 15) is 9.90 Å². The number of aliphatic hydroxyl groups is 1. The van der Waals surface area contributed by atoms with Crippen LogP contribution in [0.4, 0.5) is 4.79 Å². The first-order chi connectivity index (χ1) is 7.22. The van der Waals surface area contributed by atoms with E-state index in [1.165, 1.54) is 4.90 Å². The molecule has 0 atom stereocenters. The molecular formula is C12H19NO3. The number of likely N-dealkylation sites (tertiary alicyclic amines) is 1. The van der Waals surface area contributed by atoms with Gasteiger partial charge in [0.25, 0.3) is 0 Å². The number of hydrogen-bond donors (Lipinski definition) is 2. The van der Waals surface area contributed by atoms with Crippen molar-refractivity contribution in [2.24, 2.45) is 5.41 Å². The Hall–Kier alpha value is -1.21. The van der Waals surface area contributed by atoms with E-state index in [4.69, 9.17) is 5.11 Å². The average Bonchev–Trinajstić information content (AvgIpc) is 2.15. The highest BCUT2D eigenvalue weighted by molar-refractivity contribution is 5.65. The van der Waals surface area contributed by atoms with Crippen LogP contribution in [0.3, 0.4) is 0 Å². The van der Waals surface area contributed by atoms with Crippen LogP contribution < -0.4 is 0 Å². The summed E-state index contributed by atoms with van der Waals surface area (Å²) < 4.78 is 0. The summed E-state index contributed by atoms with van der Waals surface area (Å²) in [6.45, 7) is 6.65. The second-order valence-corrected chi connectivity index (χ2v) is 5.30. The molecule has 2 N–H and O–H groups in total. The average molecular weight is 225 g/mol. The third-order valence-corrected chi connectivity index (χ3v) is 2.53. The smallest absolute Gasteiger partial charge is 0.407 e. The SMILES string of the molecule is CC(C)(C)C#CC1(O)CCN(C(=O)O)CC1. The summed E-state index contributed by atoms with van der Waals surface area (Å²) in [6, 6.07) is 0. The topological polar surface area (TPSA) is 60.8 Å². The summed E-state index contributed by atoms with van der Waals surface area (Å²) in [6.07, 6.45) is -0.143. The largest absolute Gasteiger partial charge is 0.465 e. The lowest BCUT2D eigenvalue weighted by Crippen LogP contribution is -2.45. The van der Waals surface area contributed by atoms with Gasteiger partial charge in [-0.1, -0.05) is 11.8 Å². The molecule has 0 aromatic carbocycles. The van der Waals surface area contributed by atoms with Gasteiger partial charge in [0.1, 0.15) is 5.60 Å². The van der Waals surface area contributed by atoms with Crippen LogP contribution in [0.1, 0.15) is 33.6 Å². The molecule has 1 saturated heterocycles. The van der Waals surface area contributed by atoms with Crippen LogP contribution in [0.5, 0.6) is 0 Å². The van der Waals surface area contributed by atoms with Gasteiger partial charge < -0.3 is 15.1 Å². The highest BCUT2D eigenvalue weighted by Gasteiger charge is 2.32. The predicted molar refractivity (Wildman–Crippen MR) is 61.0 cm³/mol. The van der Waals surface area contributed by atoms with Crippen LogP contribution in [-0.4, -0.2) is 39.9 Å². The van der Waals surface area contributed by atoms with Gasteiger partial charge in [0, 0.05) is 31.3 Å². The molecule has 0 saturated carbocycles. The van der Waals surface area contributed by atoms with Gasteiger partial charge in [0.2, 0.25) is 0 Å². The number of rotatable bonds is 0. The molecule has 0 aromatic heterocycles. The molecule has 1 aliphatic heterocycles. The molecule has 0 aromatic rings. The fraction of sp³-hybridized carbons (Fsp3) is 0.750. The quantitative estimate of drug-likeness (QED) is 0.615. The first-order valence-corrected chi connectivity index (χ1v) is 5.46. The summed E-state index contributed by atoms with van der Waals surface area (Å²) in [5, 5.41) is 18.9. The minimum Gasteiger partial charge on any atom is -0.465 e. The molecule has 1 rings (SSSR count). The Morgan fingerprint density at radius 3 is 2.19 bits per heavy atom. The molecule has 1 amide bonds. The van der Waals surface area contributed by atoms with E-state index in [1.54, 1.807) is 0 Å². The van der Waals surface area contributed by atoms with Crippen molar-refractivity contribution >= 4 is 6.09 Å². The number of carboxylic acid groups (broad SMARTS) is 1. The lowest BCUT2D eigenvalue weighted by molar-refractivity contribution is 0.0294. The first-order valence-electron chi connectivity index (χ1n) is 5.46. The zero-order valence-electron chi connectivity index (χ0n) is 10.1. The number of amides is 1. The van der Waals surface area contributed by atoms with Crippen LogP contribution in [0.15, 0.2) is 0 Å². The summed E-state index contributed by atoms with van der Waals surface area (Å²) in [5.41, 5.74) is -1.15. The molecule has 90 valence electrons. The van der Waals surface area contributed by atoms with Crippen LogP contribution in [0.25, 0.3) is 0 Å². The monoisotopic (exact) mass is 225 g/mol. The maximum Gasteiger partial charge on any atom is 0.407 e. The fourth-order valence-corrected chi connectivity index (χ4v) is 1.50. The highest BCUT2D eigenvalue weighted by Crippen LogP contribution is 2.22. The molecule has 0 radical (unpaired) electrons. The molecular weight excluding hydrogens is 206 g/mol. The van der Waals surface area contributed by atoms with Gasteiger partial charge in [-0.25, -0.2) is 4.79 Å². The first kappa shape index (κ1) is 12.9. The molecule has 0 aliphatic carbocycles. The molecule has 0 bridgehead atoms. The summed E-state index contributed by atoms with van der Waals surface area (Å²) >= 11 is 0. The van der Waals surface area contributed by atoms with Gasteiger partial charge in [-0.3, -0.25) is 0 Å². The minimum atomic E-state index is -1.01. The Morgan fingerprint density at radius 1 is 1.31 bits per heavy atom. The van der Waals surface area contributed by atoms with Crippen molar-refractivity contribution in [2.75, 3.05) is 13.1 Å². The molecule has 1 aliphatic rings. The number of carbonyl (C=O) groups is 1. The van der Waals surface area contributed by atoms with E-state index < -0.39 is 11.7 Å². The van der Waals surface area contributed by atoms with Crippen molar-refractivity contribution in [1.29, 1.82) is 0 Å². The Bertz CT molecular complexity index is 324. The third-order valence-electron chi connectivity index (χ3n) is 2.53. The second kappa shape index (κ2) is 4.34. The molecule has 0 unspecified atom stereocenters. The Balaban J connectivity index is 2.62. The maximum atomic E-state index is 10.7. The Labute approximate surface area is 96.3 Å². The molecule has 4 nitrogen and oxygen atoms in total. The zero-order chi connectivity index (χ0) is 12.4. The fourth-order valence-electron chi connectivity index (χ4n) is 1.50. The van der Waals surface area contributed by atoms with Crippen molar-refractivity contribution in [1.82, 2.24) is 4.90 Å². The van der Waals surface area contributed by atoms with E-state index in [-0.39, 0.29) is 5.41 Å². The van der Waals surface area contributed by atoms with Gasteiger partial charge in [-0.15, -0.1) is 0 Å². The minimum absolute atomic E-state index is 0.139. The van der Waals surface area contributed by atoms with E-state index >= 15 is 0 Å². The van der Waals surface area contributed by atoms with E-state index in [2.05, 4.69) is 11.8 Å². The van der Waals surface area contributed by atoms with Crippen molar-refractivity contribution in [2.45, 2.75) is 39.2 Å².